The molecule has 1 aromatic heterocycles. The molecule has 19 heavy (non-hydrogen) atoms. The number of nitrogens with zero attached hydrogens (tertiary/aromatic N) is 2. The van der Waals surface area contributed by atoms with E-state index in [1.165, 1.54) is 0 Å². The first-order valence-corrected chi connectivity index (χ1v) is 6.75. The Balaban J connectivity index is 2.09. The Bertz CT molecular complexity index is 748. The van der Waals surface area contributed by atoms with Crippen molar-refractivity contribution < 1.29 is 4.74 Å². The van der Waals surface area contributed by atoms with Crippen molar-refractivity contribution in [1.29, 1.82) is 0 Å². The number of aromatic nitrogens is 2. The van der Waals surface area contributed by atoms with Crippen LogP contribution in [-0.4, -0.2) is 9.97 Å². The first-order valence-electron chi connectivity index (χ1n) is 5.58. The summed E-state index contributed by atoms with van der Waals surface area (Å²) in [6, 6.07) is 15.1. The van der Waals surface area contributed by atoms with Crippen molar-refractivity contribution in [2.75, 3.05) is 0 Å². The van der Waals surface area contributed by atoms with Crippen LogP contribution < -0.4 is 4.74 Å². The molecule has 0 aliphatic rings. The average molecular weight is 336 g/mol. The second-order valence-electron chi connectivity index (χ2n) is 3.87. The summed E-state index contributed by atoms with van der Waals surface area (Å²) in [7, 11) is 0. The summed E-state index contributed by atoms with van der Waals surface area (Å²) in [5.74, 6) is 1.14. The maximum absolute atomic E-state index is 5.91. The Morgan fingerprint density at radius 1 is 1.00 bits per heavy atom. The molecule has 3 rings (SSSR count). The molecule has 0 amide bonds. The van der Waals surface area contributed by atoms with Crippen LogP contribution in [0.2, 0.25) is 5.28 Å². The summed E-state index contributed by atoms with van der Waals surface area (Å²) in [6.45, 7) is 0. The topological polar surface area (TPSA) is 35.0 Å². The van der Waals surface area contributed by atoms with Crippen LogP contribution in [-0.2, 0) is 0 Å². The van der Waals surface area contributed by atoms with Gasteiger partial charge in [0.05, 0.1) is 10.9 Å². The zero-order valence-corrected chi connectivity index (χ0v) is 12.0. The van der Waals surface area contributed by atoms with Crippen LogP contribution in [0.3, 0.4) is 0 Å². The van der Waals surface area contributed by atoms with Gasteiger partial charge in [-0.3, -0.25) is 0 Å². The highest BCUT2D eigenvalue weighted by molar-refractivity contribution is 9.10. The van der Waals surface area contributed by atoms with E-state index in [1.807, 2.05) is 48.5 Å². The Morgan fingerprint density at radius 3 is 2.68 bits per heavy atom. The molecule has 0 spiro atoms. The zero-order valence-electron chi connectivity index (χ0n) is 9.68. The molecule has 3 nitrogen and oxygen atoms in total. The molecule has 2 aromatic carbocycles. The Labute approximate surface area is 123 Å². The fourth-order valence-electron chi connectivity index (χ4n) is 1.74. The molecule has 0 unspecified atom stereocenters. The van der Waals surface area contributed by atoms with Crippen LogP contribution in [0.15, 0.2) is 53.0 Å². The van der Waals surface area contributed by atoms with Crippen molar-refractivity contribution in [2.45, 2.75) is 0 Å². The first-order chi connectivity index (χ1) is 9.22. The highest BCUT2D eigenvalue weighted by Gasteiger charge is 2.08. The summed E-state index contributed by atoms with van der Waals surface area (Å²) < 4.78 is 6.73. The molecule has 0 radical (unpaired) electrons. The molecule has 0 N–H and O–H groups in total. The molecule has 5 heteroatoms. The minimum atomic E-state index is 0.170. The molecular weight excluding hydrogens is 328 g/mol. The van der Waals surface area contributed by atoms with Gasteiger partial charge in [-0.15, -0.1) is 0 Å². The summed E-state index contributed by atoms with van der Waals surface area (Å²) in [5.41, 5.74) is 0.757. The van der Waals surface area contributed by atoms with E-state index >= 15 is 0 Å². The van der Waals surface area contributed by atoms with Crippen LogP contribution in [0.1, 0.15) is 0 Å². The van der Waals surface area contributed by atoms with Crippen molar-refractivity contribution in [3.05, 3.63) is 58.3 Å². The van der Waals surface area contributed by atoms with Crippen molar-refractivity contribution in [1.82, 2.24) is 9.97 Å². The van der Waals surface area contributed by atoms with Gasteiger partial charge in [0.15, 0.2) is 0 Å². The third-order valence-corrected chi connectivity index (χ3v) is 3.21. The van der Waals surface area contributed by atoms with Gasteiger partial charge in [0.25, 0.3) is 0 Å². The van der Waals surface area contributed by atoms with E-state index in [0.717, 1.165) is 15.4 Å². The average Bonchev–Trinajstić information content (AvgIpc) is 2.38. The normalized spacial score (nSPS) is 10.6. The monoisotopic (exact) mass is 334 g/mol. The Kier molecular flexibility index (Phi) is 3.36. The van der Waals surface area contributed by atoms with Crippen molar-refractivity contribution >= 4 is 38.4 Å². The van der Waals surface area contributed by atoms with E-state index in [0.29, 0.717) is 11.6 Å². The lowest BCUT2D eigenvalue weighted by Crippen LogP contribution is -1.92. The third kappa shape index (κ3) is 2.69. The van der Waals surface area contributed by atoms with Gasteiger partial charge < -0.3 is 4.74 Å². The molecule has 94 valence electrons. The summed E-state index contributed by atoms with van der Waals surface area (Å²) in [4.78, 5) is 8.30. The molecule has 0 fully saturated rings. The quantitative estimate of drug-likeness (QED) is 0.629. The highest BCUT2D eigenvalue weighted by atomic mass is 79.9. The minimum Gasteiger partial charge on any atom is -0.438 e. The lowest BCUT2D eigenvalue weighted by Gasteiger charge is -2.08. The molecule has 1 heterocycles. The van der Waals surface area contributed by atoms with Gasteiger partial charge in [-0.2, -0.15) is 4.98 Å². The second-order valence-corrected chi connectivity index (χ2v) is 5.13. The highest BCUT2D eigenvalue weighted by Crippen LogP contribution is 2.29. The maximum atomic E-state index is 5.91. The Hall–Kier alpha value is -1.65. The van der Waals surface area contributed by atoms with E-state index < -0.39 is 0 Å². The molecule has 3 aromatic rings. The number of para-hydroxylation sites is 1. The summed E-state index contributed by atoms with van der Waals surface area (Å²) >= 11 is 9.31. The predicted molar refractivity (Wildman–Crippen MR) is 78.8 cm³/mol. The van der Waals surface area contributed by atoms with Crippen molar-refractivity contribution in [2.24, 2.45) is 0 Å². The Morgan fingerprint density at radius 2 is 1.84 bits per heavy atom. The summed E-state index contributed by atoms with van der Waals surface area (Å²) in [5, 5.41) is 0.996. The largest absolute Gasteiger partial charge is 0.438 e. The molecule has 0 saturated carbocycles. The number of halogens is 2. The molecule has 0 aliphatic carbocycles. The molecular formula is C14H8BrClN2O. The zero-order chi connectivity index (χ0) is 13.2. The predicted octanol–water partition coefficient (Wildman–Crippen LogP) is 4.84. The number of hydrogen-bond donors (Lipinski definition) is 0. The number of rotatable bonds is 2. The van der Waals surface area contributed by atoms with E-state index in [2.05, 4.69) is 25.9 Å². The number of fused-ring (bicyclic) bond motifs is 1. The van der Waals surface area contributed by atoms with Crippen LogP contribution in [0, 0.1) is 0 Å². The molecule has 0 bridgehead atoms. The lowest BCUT2D eigenvalue weighted by atomic mass is 10.2. The number of ether oxygens (including phenoxy) is 1. The minimum absolute atomic E-state index is 0.170. The molecule has 0 aliphatic heterocycles. The standard InChI is InChI=1S/C14H8BrClN2O/c15-9-4-3-5-10(8-9)19-13-11-6-1-2-7-12(11)17-14(16)18-13/h1-8H. The van der Waals surface area contributed by atoms with Crippen LogP contribution >= 0.6 is 27.5 Å². The van der Waals surface area contributed by atoms with E-state index in [-0.39, 0.29) is 5.28 Å². The van der Waals surface area contributed by atoms with Crippen molar-refractivity contribution in [3.63, 3.8) is 0 Å². The maximum Gasteiger partial charge on any atom is 0.231 e. The van der Waals surface area contributed by atoms with E-state index in [4.69, 9.17) is 16.3 Å². The fourth-order valence-corrected chi connectivity index (χ4v) is 2.29. The van der Waals surface area contributed by atoms with Gasteiger partial charge in [-0.05, 0) is 41.9 Å². The van der Waals surface area contributed by atoms with Gasteiger partial charge in [0.1, 0.15) is 5.75 Å². The van der Waals surface area contributed by atoms with Gasteiger partial charge in [-0.1, -0.05) is 34.1 Å². The van der Waals surface area contributed by atoms with E-state index in [1.54, 1.807) is 0 Å². The van der Waals surface area contributed by atoms with Gasteiger partial charge >= 0.3 is 0 Å². The first kappa shape index (κ1) is 12.4. The van der Waals surface area contributed by atoms with Crippen LogP contribution in [0.4, 0.5) is 0 Å². The second kappa shape index (κ2) is 5.15. The number of hydrogen-bond acceptors (Lipinski definition) is 3. The lowest BCUT2D eigenvalue weighted by molar-refractivity contribution is 0.468. The third-order valence-electron chi connectivity index (χ3n) is 2.55. The smallest absolute Gasteiger partial charge is 0.231 e. The molecule has 0 atom stereocenters. The summed E-state index contributed by atoms with van der Waals surface area (Å²) in [6.07, 6.45) is 0. The van der Waals surface area contributed by atoms with Crippen molar-refractivity contribution in [3.8, 4) is 11.6 Å². The van der Waals surface area contributed by atoms with Gasteiger partial charge in [0.2, 0.25) is 11.2 Å². The van der Waals surface area contributed by atoms with Crippen LogP contribution in [0.25, 0.3) is 10.9 Å². The fraction of sp³-hybridized carbons (Fsp3) is 0. The molecule has 0 saturated heterocycles. The van der Waals surface area contributed by atoms with Crippen LogP contribution in [0.5, 0.6) is 11.6 Å². The van der Waals surface area contributed by atoms with E-state index in [9.17, 15) is 0 Å². The van der Waals surface area contributed by atoms with Gasteiger partial charge in [0, 0.05) is 4.47 Å². The number of benzene rings is 2. The van der Waals surface area contributed by atoms with Gasteiger partial charge in [-0.25, -0.2) is 4.98 Å². The SMILES string of the molecule is Clc1nc(Oc2cccc(Br)c2)c2ccccc2n1.